The van der Waals surface area contributed by atoms with Crippen LogP contribution in [0.25, 0.3) is 22.9 Å². The molecule has 142 valence electrons. The number of hydrogen-bond acceptors (Lipinski definition) is 7. The molecule has 0 unspecified atom stereocenters. The van der Waals surface area contributed by atoms with Gasteiger partial charge in [-0.15, -0.1) is 20.4 Å². The molecule has 1 atom stereocenters. The van der Waals surface area contributed by atoms with Gasteiger partial charge in [-0.1, -0.05) is 29.0 Å². The molecule has 0 saturated heterocycles. The number of aryl methyl sites for hydroxylation is 2. The number of hydrogen-bond donors (Lipinski definition) is 0. The number of rotatable bonds is 5. The Balaban J connectivity index is 1.49. The summed E-state index contributed by atoms with van der Waals surface area (Å²) in [5.74, 6) is 0.918. The number of halogens is 1. The van der Waals surface area contributed by atoms with E-state index in [1.807, 2.05) is 32.9 Å². The third-order valence-electron chi connectivity index (χ3n) is 4.03. The summed E-state index contributed by atoms with van der Waals surface area (Å²) in [5, 5.41) is 16.6. The molecule has 2 aromatic carbocycles. The van der Waals surface area contributed by atoms with E-state index >= 15 is 0 Å². The predicted octanol–water partition coefficient (Wildman–Crippen LogP) is 5.40. The van der Waals surface area contributed by atoms with Crippen molar-refractivity contribution in [2.75, 3.05) is 0 Å². The first-order chi connectivity index (χ1) is 13.5. The molecular formula is C20H17FN4O2S. The van der Waals surface area contributed by atoms with E-state index in [2.05, 4.69) is 26.5 Å². The first-order valence-electron chi connectivity index (χ1n) is 8.66. The maximum atomic E-state index is 13.1. The van der Waals surface area contributed by atoms with Crippen LogP contribution in [0.1, 0.15) is 29.2 Å². The van der Waals surface area contributed by atoms with Crippen LogP contribution in [-0.2, 0) is 0 Å². The summed E-state index contributed by atoms with van der Waals surface area (Å²) in [6.07, 6.45) is 0. The summed E-state index contributed by atoms with van der Waals surface area (Å²) in [5.41, 5.74) is 3.82. The molecule has 28 heavy (non-hydrogen) atoms. The van der Waals surface area contributed by atoms with E-state index in [0.717, 1.165) is 16.7 Å². The Morgan fingerprint density at radius 1 is 0.821 bits per heavy atom. The summed E-state index contributed by atoms with van der Waals surface area (Å²) in [4.78, 5) is 0. The average molecular weight is 396 g/mol. The quantitative estimate of drug-likeness (QED) is 0.418. The number of aromatic nitrogens is 4. The summed E-state index contributed by atoms with van der Waals surface area (Å²) < 4.78 is 24.6. The van der Waals surface area contributed by atoms with Crippen LogP contribution >= 0.6 is 11.8 Å². The standard InChI is InChI=1S/C20H17FN4O2S/c1-11-8-12(2)10-15(9-11)19-24-25-20(27-19)28-13(3)17-22-23-18(26-17)14-4-6-16(21)7-5-14/h4-10,13H,1-3H3/t13-/m1/s1. The third-order valence-corrected chi connectivity index (χ3v) is 4.95. The first-order valence-corrected chi connectivity index (χ1v) is 9.54. The summed E-state index contributed by atoms with van der Waals surface area (Å²) in [7, 11) is 0. The highest BCUT2D eigenvalue weighted by atomic mass is 32.2. The lowest BCUT2D eigenvalue weighted by molar-refractivity contribution is 0.461. The Morgan fingerprint density at radius 3 is 2.18 bits per heavy atom. The molecule has 0 radical (unpaired) electrons. The lowest BCUT2D eigenvalue weighted by Gasteiger charge is -2.02. The monoisotopic (exact) mass is 396 g/mol. The third kappa shape index (κ3) is 3.96. The molecule has 0 aliphatic carbocycles. The van der Waals surface area contributed by atoms with Gasteiger partial charge in [0, 0.05) is 11.1 Å². The van der Waals surface area contributed by atoms with E-state index < -0.39 is 0 Å². The Labute approximate surface area is 165 Å². The second-order valence-electron chi connectivity index (χ2n) is 6.46. The minimum Gasteiger partial charge on any atom is -0.419 e. The van der Waals surface area contributed by atoms with E-state index in [9.17, 15) is 4.39 Å². The summed E-state index contributed by atoms with van der Waals surface area (Å²) in [6.45, 7) is 5.96. The molecule has 0 spiro atoms. The van der Waals surface area contributed by atoms with Crippen molar-refractivity contribution in [1.82, 2.24) is 20.4 Å². The van der Waals surface area contributed by atoms with E-state index in [1.54, 1.807) is 12.1 Å². The second-order valence-corrected chi connectivity index (χ2v) is 7.75. The van der Waals surface area contributed by atoms with Crippen LogP contribution in [0.2, 0.25) is 0 Å². The van der Waals surface area contributed by atoms with Crippen molar-refractivity contribution in [3.63, 3.8) is 0 Å². The molecule has 8 heteroatoms. The molecule has 4 aromatic rings. The molecule has 0 aliphatic heterocycles. The fourth-order valence-corrected chi connectivity index (χ4v) is 3.50. The highest BCUT2D eigenvalue weighted by Crippen LogP contribution is 2.35. The maximum Gasteiger partial charge on any atom is 0.277 e. The van der Waals surface area contributed by atoms with E-state index in [1.165, 1.54) is 23.9 Å². The van der Waals surface area contributed by atoms with Crippen molar-refractivity contribution < 1.29 is 13.2 Å². The van der Waals surface area contributed by atoms with Crippen LogP contribution in [-0.4, -0.2) is 20.4 Å². The van der Waals surface area contributed by atoms with Gasteiger partial charge in [0.1, 0.15) is 5.82 Å². The Hall–Kier alpha value is -3.00. The molecule has 0 amide bonds. The van der Waals surface area contributed by atoms with Crippen LogP contribution in [0.5, 0.6) is 0 Å². The minimum absolute atomic E-state index is 0.186. The largest absolute Gasteiger partial charge is 0.419 e. The zero-order valence-electron chi connectivity index (χ0n) is 15.5. The van der Waals surface area contributed by atoms with Crippen molar-refractivity contribution in [3.8, 4) is 22.9 Å². The van der Waals surface area contributed by atoms with Crippen molar-refractivity contribution >= 4 is 11.8 Å². The molecule has 0 aliphatic rings. The van der Waals surface area contributed by atoms with Gasteiger partial charge in [-0.25, -0.2) is 4.39 Å². The molecular weight excluding hydrogens is 379 g/mol. The fourth-order valence-electron chi connectivity index (χ4n) is 2.78. The number of thioether (sulfide) groups is 1. The van der Waals surface area contributed by atoms with E-state index in [0.29, 0.717) is 28.5 Å². The van der Waals surface area contributed by atoms with Crippen molar-refractivity contribution in [2.45, 2.75) is 31.2 Å². The van der Waals surface area contributed by atoms with Crippen LogP contribution in [0, 0.1) is 19.7 Å². The van der Waals surface area contributed by atoms with Gasteiger partial charge in [0.05, 0.1) is 5.25 Å². The van der Waals surface area contributed by atoms with E-state index in [-0.39, 0.29) is 11.1 Å². The lowest BCUT2D eigenvalue weighted by atomic mass is 10.1. The highest BCUT2D eigenvalue weighted by Gasteiger charge is 2.20. The van der Waals surface area contributed by atoms with Gasteiger partial charge in [0.25, 0.3) is 5.22 Å². The van der Waals surface area contributed by atoms with Gasteiger partial charge in [-0.05, 0) is 57.2 Å². The fraction of sp³-hybridized carbons (Fsp3) is 0.200. The molecule has 0 saturated carbocycles. The topological polar surface area (TPSA) is 77.8 Å². The summed E-state index contributed by atoms with van der Waals surface area (Å²) in [6, 6.07) is 12.0. The van der Waals surface area contributed by atoms with Gasteiger partial charge in [-0.2, -0.15) is 0 Å². The van der Waals surface area contributed by atoms with E-state index in [4.69, 9.17) is 8.83 Å². The molecule has 4 rings (SSSR count). The zero-order valence-corrected chi connectivity index (χ0v) is 16.3. The zero-order chi connectivity index (χ0) is 19.7. The predicted molar refractivity (Wildman–Crippen MR) is 103 cm³/mol. The Morgan fingerprint density at radius 2 is 1.46 bits per heavy atom. The molecule has 6 nitrogen and oxygen atoms in total. The Kier molecular flexibility index (Phi) is 4.95. The minimum atomic E-state index is -0.316. The van der Waals surface area contributed by atoms with Gasteiger partial charge >= 0.3 is 0 Å². The molecule has 2 heterocycles. The van der Waals surface area contributed by atoms with Crippen molar-refractivity contribution in [2.24, 2.45) is 0 Å². The van der Waals surface area contributed by atoms with Crippen molar-refractivity contribution in [1.29, 1.82) is 0 Å². The smallest absolute Gasteiger partial charge is 0.277 e. The van der Waals surface area contributed by atoms with Crippen LogP contribution in [0.15, 0.2) is 56.5 Å². The van der Waals surface area contributed by atoms with Crippen LogP contribution in [0.4, 0.5) is 4.39 Å². The Bertz CT molecular complexity index is 1090. The average Bonchev–Trinajstić information content (AvgIpc) is 3.31. The normalized spacial score (nSPS) is 12.3. The van der Waals surface area contributed by atoms with Gasteiger partial charge in [0.15, 0.2) is 0 Å². The lowest BCUT2D eigenvalue weighted by Crippen LogP contribution is -1.88. The molecule has 2 aromatic heterocycles. The maximum absolute atomic E-state index is 13.1. The van der Waals surface area contributed by atoms with Crippen LogP contribution in [0.3, 0.4) is 0 Å². The highest BCUT2D eigenvalue weighted by molar-refractivity contribution is 7.99. The second kappa shape index (κ2) is 7.55. The SMILES string of the molecule is Cc1cc(C)cc(-c2nnc(S[C@H](C)c3nnc(-c4ccc(F)cc4)o3)o2)c1. The summed E-state index contributed by atoms with van der Waals surface area (Å²) >= 11 is 1.34. The molecule has 0 N–H and O–H groups in total. The number of benzene rings is 2. The van der Waals surface area contributed by atoms with Crippen LogP contribution < -0.4 is 0 Å². The first kappa shape index (κ1) is 18.4. The van der Waals surface area contributed by atoms with Gasteiger partial charge in [0.2, 0.25) is 17.7 Å². The molecule has 0 bridgehead atoms. The molecule has 0 fully saturated rings. The van der Waals surface area contributed by atoms with Gasteiger partial charge < -0.3 is 8.83 Å². The van der Waals surface area contributed by atoms with Crippen molar-refractivity contribution in [3.05, 3.63) is 65.3 Å². The number of nitrogens with zero attached hydrogens (tertiary/aromatic N) is 4. The van der Waals surface area contributed by atoms with Gasteiger partial charge in [-0.3, -0.25) is 0 Å².